The summed E-state index contributed by atoms with van der Waals surface area (Å²) in [5.74, 6) is 1.05. The van der Waals surface area contributed by atoms with Gasteiger partial charge in [-0.1, -0.05) is 12.1 Å². The quantitative estimate of drug-likeness (QED) is 0.635. The van der Waals surface area contributed by atoms with E-state index in [0.29, 0.717) is 29.6 Å². The number of ether oxygens (including phenoxy) is 2. The zero-order chi connectivity index (χ0) is 14.8. The Labute approximate surface area is 126 Å². The predicted molar refractivity (Wildman–Crippen MR) is 80.3 cm³/mol. The minimum atomic E-state index is -0.292. The fourth-order valence-electron chi connectivity index (χ4n) is 2.09. The van der Waals surface area contributed by atoms with Crippen molar-refractivity contribution in [3.8, 4) is 11.5 Å². The maximum Gasteiger partial charge on any atom is 0.293 e. The van der Waals surface area contributed by atoms with Gasteiger partial charge in [-0.2, -0.15) is 0 Å². The topological polar surface area (TPSA) is 55.8 Å². The third-order valence-electron chi connectivity index (χ3n) is 3.05. The second-order valence-corrected chi connectivity index (χ2v) is 5.48. The van der Waals surface area contributed by atoms with Crippen LogP contribution >= 0.6 is 11.8 Å². The summed E-state index contributed by atoms with van der Waals surface area (Å²) in [6.07, 6.45) is 3.22. The molecule has 1 aromatic carbocycles. The van der Waals surface area contributed by atoms with Crippen LogP contribution in [-0.4, -0.2) is 35.8 Å². The second kappa shape index (κ2) is 5.65. The van der Waals surface area contributed by atoms with Crippen molar-refractivity contribution < 1.29 is 19.1 Å². The van der Waals surface area contributed by atoms with Gasteiger partial charge in [0.2, 0.25) is 0 Å². The molecule has 2 aliphatic rings. The Bertz CT molecular complexity index is 653. The Kier molecular flexibility index (Phi) is 3.70. The highest BCUT2D eigenvalue weighted by Crippen LogP contribution is 2.35. The molecule has 2 aliphatic heterocycles. The first-order valence-electron chi connectivity index (χ1n) is 6.45. The Morgan fingerprint density at radius 1 is 1.24 bits per heavy atom. The number of imide groups is 1. The number of carbonyl (C=O) groups is 2. The second-order valence-electron chi connectivity index (χ2n) is 4.48. The minimum absolute atomic E-state index is 0.225. The van der Waals surface area contributed by atoms with Gasteiger partial charge in [-0.25, -0.2) is 0 Å². The van der Waals surface area contributed by atoms with Crippen molar-refractivity contribution in [3.05, 3.63) is 41.3 Å². The third kappa shape index (κ3) is 2.67. The van der Waals surface area contributed by atoms with E-state index in [0.717, 1.165) is 17.3 Å². The Morgan fingerprint density at radius 2 is 2.00 bits per heavy atom. The number of carbonyl (C=O) groups excluding carboxylic acids is 2. The van der Waals surface area contributed by atoms with Crippen LogP contribution in [0.5, 0.6) is 11.5 Å². The molecule has 0 aromatic heterocycles. The van der Waals surface area contributed by atoms with E-state index in [4.69, 9.17) is 9.47 Å². The lowest BCUT2D eigenvalue weighted by molar-refractivity contribution is -0.122. The van der Waals surface area contributed by atoms with Crippen LogP contribution < -0.4 is 9.47 Å². The minimum Gasteiger partial charge on any atom is -0.486 e. The molecule has 1 saturated heterocycles. The number of hydrogen-bond donors (Lipinski definition) is 0. The largest absolute Gasteiger partial charge is 0.486 e. The zero-order valence-corrected chi connectivity index (χ0v) is 12.0. The van der Waals surface area contributed by atoms with Gasteiger partial charge >= 0.3 is 0 Å². The first-order chi connectivity index (χ1) is 10.2. The van der Waals surface area contributed by atoms with Gasteiger partial charge in [0, 0.05) is 6.54 Å². The van der Waals surface area contributed by atoms with Crippen molar-refractivity contribution >= 4 is 29.0 Å². The summed E-state index contributed by atoms with van der Waals surface area (Å²) in [7, 11) is 0. The van der Waals surface area contributed by atoms with E-state index in [-0.39, 0.29) is 17.7 Å². The Balaban J connectivity index is 1.87. The van der Waals surface area contributed by atoms with Crippen molar-refractivity contribution in [2.75, 3.05) is 19.8 Å². The van der Waals surface area contributed by atoms with E-state index < -0.39 is 0 Å². The molecule has 1 fully saturated rings. The number of rotatable bonds is 3. The molecule has 0 bridgehead atoms. The normalized spacial score (nSPS) is 19.2. The van der Waals surface area contributed by atoms with E-state index in [2.05, 4.69) is 6.58 Å². The third-order valence-corrected chi connectivity index (χ3v) is 3.96. The van der Waals surface area contributed by atoms with Gasteiger partial charge in [0.1, 0.15) is 13.2 Å². The van der Waals surface area contributed by atoms with E-state index in [1.54, 1.807) is 18.2 Å². The first kappa shape index (κ1) is 13.8. The summed E-state index contributed by atoms with van der Waals surface area (Å²) >= 11 is 0.933. The molecule has 0 spiro atoms. The average molecular weight is 303 g/mol. The molecular weight excluding hydrogens is 290 g/mol. The molecule has 5 nitrogen and oxygen atoms in total. The van der Waals surface area contributed by atoms with Gasteiger partial charge < -0.3 is 9.47 Å². The predicted octanol–water partition coefficient (Wildman–Crippen LogP) is 2.68. The molecule has 2 heterocycles. The lowest BCUT2D eigenvalue weighted by atomic mass is 10.1. The van der Waals surface area contributed by atoms with Gasteiger partial charge in [-0.05, 0) is 35.5 Å². The highest BCUT2D eigenvalue weighted by atomic mass is 32.2. The maximum atomic E-state index is 12.1. The van der Waals surface area contributed by atoms with Crippen LogP contribution in [0.3, 0.4) is 0 Å². The monoisotopic (exact) mass is 303 g/mol. The van der Waals surface area contributed by atoms with Gasteiger partial charge in [-0.15, -0.1) is 6.58 Å². The highest BCUT2D eigenvalue weighted by Gasteiger charge is 2.34. The SMILES string of the molecule is C=CCN1C(=O)SC(=Cc2ccc3c(c2)OCCO3)C1=O. The molecule has 21 heavy (non-hydrogen) atoms. The van der Waals surface area contributed by atoms with E-state index in [9.17, 15) is 9.59 Å². The smallest absolute Gasteiger partial charge is 0.293 e. The summed E-state index contributed by atoms with van der Waals surface area (Å²) in [5.41, 5.74) is 0.795. The van der Waals surface area contributed by atoms with Crippen LogP contribution in [0.25, 0.3) is 6.08 Å². The Hall–Kier alpha value is -2.21. The maximum absolute atomic E-state index is 12.1. The van der Waals surface area contributed by atoms with Crippen LogP contribution in [0, 0.1) is 0 Å². The van der Waals surface area contributed by atoms with Gasteiger partial charge in [0.05, 0.1) is 4.91 Å². The van der Waals surface area contributed by atoms with Crippen molar-refractivity contribution in [3.63, 3.8) is 0 Å². The summed E-state index contributed by atoms with van der Waals surface area (Å²) in [5, 5.41) is -0.274. The molecule has 3 rings (SSSR count). The van der Waals surface area contributed by atoms with E-state index >= 15 is 0 Å². The number of nitrogens with zero attached hydrogens (tertiary/aromatic N) is 1. The fourth-order valence-corrected chi connectivity index (χ4v) is 2.94. The van der Waals surface area contributed by atoms with Crippen molar-refractivity contribution in [2.24, 2.45) is 0 Å². The highest BCUT2D eigenvalue weighted by molar-refractivity contribution is 8.18. The molecule has 0 atom stereocenters. The van der Waals surface area contributed by atoms with Crippen LogP contribution in [-0.2, 0) is 4.79 Å². The molecule has 0 radical (unpaired) electrons. The fraction of sp³-hybridized carbons (Fsp3) is 0.200. The zero-order valence-electron chi connectivity index (χ0n) is 11.2. The summed E-state index contributed by atoms with van der Waals surface area (Å²) in [4.78, 5) is 25.4. The standard InChI is InChI=1S/C15H13NO4S/c1-2-5-16-14(17)13(21-15(16)18)9-10-3-4-11-12(8-10)20-7-6-19-11/h2-4,8-9H,1,5-7H2. The average Bonchev–Trinajstić information content (AvgIpc) is 2.75. The number of hydrogen-bond acceptors (Lipinski definition) is 5. The van der Waals surface area contributed by atoms with E-state index in [1.165, 1.54) is 11.0 Å². The van der Waals surface area contributed by atoms with Crippen LogP contribution in [0.4, 0.5) is 4.79 Å². The molecule has 0 aliphatic carbocycles. The van der Waals surface area contributed by atoms with Crippen molar-refractivity contribution in [2.45, 2.75) is 0 Å². The molecule has 1 aromatic rings. The molecule has 0 saturated carbocycles. The van der Waals surface area contributed by atoms with Gasteiger partial charge in [0.25, 0.3) is 11.1 Å². The lowest BCUT2D eigenvalue weighted by Crippen LogP contribution is -2.27. The van der Waals surface area contributed by atoms with Gasteiger partial charge in [-0.3, -0.25) is 14.5 Å². The molecular formula is C15H13NO4S. The summed E-state index contributed by atoms with van der Waals surface area (Å²) in [6.45, 7) is 4.81. The molecule has 0 unspecified atom stereocenters. The molecule has 108 valence electrons. The number of amides is 2. The first-order valence-corrected chi connectivity index (χ1v) is 7.26. The number of thioether (sulfide) groups is 1. The van der Waals surface area contributed by atoms with Crippen LogP contribution in [0.1, 0.15) is 5.56 Å². The molecule has 6 heteroatoms. The lowest BCUT2D eigenvalue weighted by Gasteiger charge is -2.18. The van der Waals surface area contributed by atoms with E-state index in [1.807, 2.05) is 6.07 Å². The Morgan fingerprint density at radius 3 is 2.76 bits per heavy atom. The number of benzene rings is 1. The molecule has 2 amide bonds. The van der Waals surface area contributed by atoms with Crippen LogP contribution in [0.15, 0.2) is 35.8 Å². The van der Waals surface area contributed by atoms with Crippen molar-refractivity contribution in [1.82, 2.24) is 4.90 Å². The summed E-state index contributed by atoms with van der Waals surface area (Å²) in [6, 6.07) is 5.43. The van der Waals surface area contributed by atoms with Crippen molar-refractivity contribution in [1.29, 1.82) is 0 Å². The molecule has 0 N–H and O–H groups in total. The van der Waals surface area contributed by atoms with Crippen LogP contribution in [0.2, 0.25) is 0 Å². The van der Waals surface area contributed by atoms with Gasteiger partial charge in [0.15, 0.2) is 11.5 Å². The number of fused-ring (bicyclic) bond motifs is 1. The summed E-state index contributed by atoms with van der Waals surface area (Å²) < 4.78 is 10.9.